The summed E-state index contributed by atoms with van der Waals surface area (Å²) in [5.74, 6) is -0.0952. The van der Waals surface area contributed by atoms with Gasteiger partial charge in [0.25, 0.3) is 0 Å². The fraction of sp³-hybridized carbons (Fsp3) is 0.400. The fourth-order valence-electron chi connectivity index (χ4n) is 1.51. The molecule has 1 unspecified atom stereocenters. The predicted molar refractivity (Wildman–Crippen MR) is 48.2 cm³/mol. The Morgan fingerprint density at radius 1 is 1.54 bits per heavy atom. The Kier molecular flexibility index (Phi) is 2.19. The second-order valence-electron chi connectivity index (χ2n) is 3.42. The van der Waals surface area contributed by atoms with E-state index in [1.54, 1.807) is 0 Å². The summed E-state index contributed by atoms with van der Waals surface area (Å²) >= 11 is 0. The van der Waals surface area contributed by atoms with E-state index >= 15 is 0 Å². The normalized spacial score (nSPS) is 21.2. The van der Waals surface area contributed by atoms with Gasteiger partial charge in [-0.05, 0) is 43.1 Å². The third-order valence-corrected chi connectivity index (χ3v) is 2.43. The number of hydrogen-bond acceptors (Lipinski definition) is 2. The van der Waals surface area contributed by atoms with E-state index in [2.05, 4.69) is 5.32 Å². The maximum Gasteiger partial charge on any atom is 0.123 e. The number of phenols is 1. The molecule has 3 heteroatoms. The number of nitrogens with one attached hydrogen (secondary N) is 1. The van der Waals surface area contributed by atoms with Crippen LogP contribution in [0.4, 0.5) is 4.39 Å². The standard InChI is InChI=1S/C10H12FNO/c11-8-1-2-10(13)7(5-8)6-9-3-4-12-9/h1-2,5,9,12-13H,3-4,6H2. The maximum absolute atomic E-state index is 12.8. The van der Waals surface area contributed by atoms with Crippen LogP contribution in [0.25, 0.3) is 0 Å². The highest BCUT2D eigenvalue weighted by atomic mass is 19.1. The van der Waals surface area contributed by atoms with Crippen molar-refractivity contribution in [3.8, 4) is 5.75 Å². The molecule has 0 bridgehead atoms. The molecule has 1 aliphatic heterocycles. The molecule has 2 rings (SSSR count). The van der Waals surface area contributed by atoms with Crippen molar-refractivity contribution in [3.05, 3.63) is 29.6 Å². The lowest BCUT2D eigenvalue weighted by molar-refractivity contribution is 0.362. The molecule has 1 aliphatic rings. The number of hydrogen-bond donors (Lipinski definition) is 2. The van der Waals surface area contributed by atoms with Crippen molar-refractivity contribution in [2.75, 3.05) is 6.54 Å². The first kappa shape index (κ1) is 8.51. The zero-order valence-electron chi connectivity index (χ0n) is 7.26. The van der Waals surface area contributed by atoms with Gasteiger partial charge in [-0.15, -0.1) is 0 Å². The van der Waals surface area contributed by atoms with Gasteiger partial charge in [0.15, 0.2) is 0 Å². The molecule has 1 heterocycles. The number of benzene rings is 1. The average Bonchev–Trinajstić information content (AvgIpc) is 2.03. The van der Waals surface area contributed by atoms with E-state index in [9.17, 15) is 9.50 Å². The molecule has 1 saturated heterocycles. The Morgan fingerprint density at radius 2 is 2.31 bits per heavy atom. The largest absolute Gasteiger partial charge is 0.508 e. The molecule has 1 fully saturated rings. The van der Waals surface area contributed by atoms with Crippen molar-refractivity contribution in [2.24, 2.45) is 0 Å². The molecule has 0 amide bonds. The third-order valence-electron chi connectivity index (χ3n) is 2.43. The van der Waals surface area contributed by atoms with Gasteiger partial charge in [0.05, 0.1) is 0 Å². The van der Waals surface area contributed by atoms with Gasteiger partial charge >= 0.3 is 0 Å². The summed E-state index contributed by atoms with van der Waals surface area (Å²) in [4.78, 5) is 0. The molecule has 13 heavy (non-hydrogen) atoms. The Balaban J connectivity index is 2.13. The molecule has 1 aromatic carbocycles. The minimum atomic E-state index is -0.285. The van der Waals surface area contributed by atoms with E-state index in [0.29, 0.717) is 18.0 Å². The van der Waals surface area contributed by atoms with Gasteiger partial charge in [-0.25, -0.2) is 4.39 Å². The molecule has 0 spiro atoms. The summed E-state index contributed by atoms with van der Waals surface area (Å²) in [5.41, 5.74) is 0.692. The van der Waals surface area contributed by atoms with Crippen LogP contribution in [0.3, 0.4) is 0 Å². The van der Waals surface area contributed by atoms with Gasteiger partial charge in [-0.1, -0.05) is 0 Å². The van der Waals surface area contributed by atoms with Crippen molar-refractivity contribution in [1.29, 1.82) is 0 Å². The highest BCUT2D eigenvalue weighted by Gasteiger charge is 2.18. The first-order valence-electron chi connectivity index (χ1n) is 4.46. The van der Waals surface area contributed by atoms with Crippen molar-refractivity contribution in [3.63, 3.8) is 0 Å². The molecule has 0 saturated carbocycles. The number of halogens is 1. The molecule has 0 aromatic heterocycles. The smallest absolute Gasteiger partial charge is 0.123 e. The molecular weight excluding hydrogens is 169 g/mol. The van der Waals surface area contributed by atoms with E-state index in [0.717, 1.165) is 13.0 Å². The van der Waals surface area contributed by atoms with Crippen LogP contribution in [0, 0.1) is 5.82 Å². The lowest BCUT2D eigenvalue weighted by Gasteiger charge is -2.27. The van der Waals surface area contributed by atoms with E-state index in [4.69, 9.17) is 0 Å². The van der Waals surface area contributed by atoms with Gasteiger partial charge in [0.1, 0.15) is 11.6 Å². The van der Waals surface area contributed by atoms with Crippen molar-refractivity contribution >= 4 is 0 Å². The summed E-state index contributed by atoms with van der Waals surface area (Å²) in [5, 5.41) is 12.6. The molecule has 0 radical (unpaired) electrons. The highest BCUT2D eigenvalue weighted by Crippen LogP contribution is 2.21. The van der Waals surface area contributed by atoms with Crippen LogP contribution in [0.2, 0.25) is 0 Å². The van der Waals surface area contributed by atoms with E-state index < -0.39 is 0 Å². The molecular formula is C10H12FNO. The lowest BCUT2D eigenvalue weighted by Crippen LogP contribution is -2.44. The van der Waals surface area contributed by atoms with Crippen LogP contribution in [-0.4, -0.2) is 17.7 Å². The molecule has 1 aromatic rings. The number of rotatable bonds is 2. The van der Waals surface area contributed by atoms with E-state index in [-0.39, 0.29) is 11.6 Å². The number of phenolic OH excluding ortho intramolecular Hbond substituents is 1. The van der Waals surface area contributed by atoms with Crippen LogP contribution >= 0.6 is 0 Å². The Morgan fingerprint density at radius 3 is 2.92 bits per heavy atom. The fourth-order valence-corrected chi connectivity index (χ4v) is 1.51. The molecule has 1 atom stereocenters. The lowest BCUT2D eigenvalue weighted by atomic mass is 9.98. The quantitative estimate of drug-likeness (QED) is 0.723. The van der Waals surface area contributed by atoms with Gasteiger partial charge in [0.2, 0.25) is 0 Å². The predicted octanol–water partition coefficient (Wildman–Crippen LogP) is 1.44. The summed E-state index contributed by atoms with van der Waals surface area (Å²) in [6.45, 7) is 1.03. The third kappa shape index (κ3) is 1.80. The second kappa shape index (κ2) is 3.34. The molecule has 2 N–H and O–H groups in total. The second-order valence-corrected chi connectivity index (χ2v) is 3.42. The summed E-state index contributed by atoms with van der Waals surface area (Å²) in [7, 11) is 0. The van der Waals surface area contributed by atoms with Crippen LogP contribution in [-0.2, 0) is 6.42 Å². The van der Waals surface area contributed by atoms with Crippen molar-refractivity contribution < 1.29 is 9.50 Å². The van der Waals surface area contributed by atoms with Crippen LogP contribution in [0.15, 0.2) is 18.2 Å². The van der Waals surface area contributed by atoms with E-state index in [1.165, 1.54) is 18.2 Å². The minimum Gasteiger partial charge on any atom is -0.508 e. The van der Waals surface area contributed by atoms with Crippen molar-refractivity contribution in [1.82, 2.24) is 5.32 Å². The molecule has 0 aliphatic carbocycles. The summed E-state index contributed by atoms with van der Waals surface area (Å²) in [6.07, 6.45) is 1.82. The molecule has 2 nitrogen and oxygen atoms in total. The molecule has 70 valence electrons. The van der Waals surface area contributed by atoms with Crippen LogP contribution < -0.4 is 5.32 Å². The van der Waals surface area contributed by atoms with Crippen LogP contribution in [0.1, 0.15) is 12.0 Å². The first-order valence-corrected chi connectivity index (χ1v) is 4.46. The Hall–Kier alpha value is -1.09. The number of aromatic hydroxyl groups is 1. The summed E-state index contributed by atoms with van der Waals surface area (Å²) in [6, 6.07) is 4.49. The average molecular weight is 181 g/mol. The van der Waals surface area contributed by atoms with Gasteiger partial charge in [0, 0.05) is 6.04 Å². The minimum absolute atomic E-state index is 0.190. The van der Waals surface area contributed by atoms with Gasteiger partial charge in [-0.2, -0.15) is 0 Å². The maximum atomic E-state index is 12.8. The summed E-state index contributed by atoms with van der Waals surface area (Å²) < 4.78 is 12.8. The monoisotopic (exact) mass is 181 g/mol. The van der Waals surface area contributed by atoms with Crippen molar-refractivity contribution in [2.45, 2.75) is 18.9 Å². The van der Waals surface area contributed by atoms with Gasteiger partial charge in [-0.3, -0.25) is 0 Å². The Bertz CT molecular complexity index is 310. The SMILES string of the molecule is Oc1ccc(F)cc1CC1CCN1. The first-order chi connectivity index (χ1) is 6.25. The Labute approximate surface area is 76.4 Å². The zero-order chi connectivity index (χ0) is 9.26. The zero-order valence-corrected chi connectivity index (χ0v) is 7.26. The topological polar surface area (TPSA) is 32.3 Å². The highest BCUT2D eigenvalue weighted by molar-refractivity contribution is 5.33. The van der Waals surface area contributed by atoms with Gasteiger partial charge < -0.3 is 10.4 Å². The van der Waals surface area contributed by atoms with E-state index in [1.807, 2.05) is 0 Å². The van der Waals surface area contributed by atoms with Crippen LogP contribution in [0.5, 0.6) is 5.75 Å².